The molecule has 2 aromatic rings. The first-order valence-corrected chi connectivity index (χ1v) is 7.59. The summed E-state index contributed by atoms with van der Waals surface area (Å²) in [4.78, 5) is 3.06. The third-order valence-electron chi connectivity index (χ3n) is 3.34. The van der Waals surface area contributed by atoms with Crippen LogP contribution < -0.4 is 0 Å². The minimum Gasteiger partial charge on any atom is -0.454 e. The van der Waals surface area contributed by atoms with Gasteiger partial charge in [0.15, 0.2) is 5.76 Å². The fourth-order valence-electron chi connectivity index (χ4n) is 2.30. The van der Waals surface area contributed by atoms with E-state index in [0.717, 1.165) is 39.6 Å². The van der Waals surface area contributed by atoms with Crippen molar-refractivity contribution >= 4 is 33.1 Å². The second-order valence-corrected chi connectivity index (χ2v) is 5.97. The Morgan fingerprint density at radius 3 is 2.42 bits per heavy atom. The van der Waals surface area contributed by atoms with Gasteiger partial charge in [0.1, 0.15) is 10.7 Å². The van der Waals surface area contributed by atoms with Crippen LogP contribution in [0.3, 0.4) is 0 Å². The summed E-state index contributed by atoms with van der Waals surface area (Å²) >= 11 is 8.92. The molecule has 1 fully saturated rings. The average Bonchev–Trinajstić information content (AvgIpc) is 3.10. The molecule has 0 atom stereocenters. The van der Waals surface area contributed by atoms with E-state index >= 15 is 0 Å². The predicted octanol–water partition coefficient (Wildman–Crippen LogP) is 4.48. The Kier molecular flexibility index (Phi) is 3.71. The van der Waals surface area contributed by atoms with Gasteiger partial charge in [0.2, 0.25) is 0 Å². The number of benzene rings is 1. The lowest BCUT2D eigenvalue weighted by Crippen LogP contribution is -2.26. The first-order valence-electron chi connectivity index (χ1n) is 6.39. The molecule has 1 aliphatic rings. The van der Waals surface area contributed by atoms with Crippen molar-refractivity contribution in [3.05, 3.63) is 46.6 Å². The molecule has 0 unspecified atom stereocenters. The van der Waals surface area contributed by atoms with E-state index in [0.29, 0.717) is 0 Å². The standard InChI is InChI=1S/C15H14BrNOS/c16-12-5-3-11(4-6-12)13-7-8-14(18-13)15(19)17-9-1-2-10-17/h3-8H,1-2,9-10H2. The monoisotopic (exact) mass is 335 g/mol. The summed E-state index contributed by atoms with van der Waals surface area (Å²) in [5, 5.41) is 0. The Labute approximate surface area is 126 Å². The minimum absolute atomic E-state index is 0.801. The average molecular weight is 336 g/mol. The third kappa shape index (κ3) is 2.74. The number of hydrogen-bond donors (Lipinski definition) is 0. The van der Waals surface area contributed by atoms with E-state index in [1.165, 1.54) is 12.8 Å². The summed E-state index contributed by atoms with van der Waals surface area (Å²) in [6.07, 6.45) is 2.45. The highest BCUT2D eigenvalue weighted by Gasteiger charge is 2.18. The molecule has 0 saturated carbocycles. The first kappa shape index (κ1) is 12.9. The fraction of sp³-hybridized carbons (Fsp3) is 0.267. The molecule has 0 amide bonds. The van der Waals surface area contributed by atoms with Crippen molar-refractivity contribution in [1.29, 1.82) is 0 Å². The number of thiocarbonyl (C=S) groups is 1. The number of likely N-dealkylation sites (tertiary alicyclic amines) is 1. The number of hydrogen-bond acceptors (Lipinski definition) is 2. The maximum Gasteiger partial charge on any atom is 0.162 e. The topological polar surface area (TPSA) is 16.4 Å². The zero-order chi connectivity index (χ0) is 13.2. The van der Waals surface area contributed by atoms with Gasteiger partial charge in [-0.3, -0.25) is 0 Å². The van der Waals surface area contributed by atoms with Gasteiger partial charge in [-0.05, 0) is 37.1 Å². The van der Waals surface area contributed by atoms with E-state index in [-0.39, 0.29) is 0 Å². The molecule has 2 heterocycles. The van der Waals surface area contributed by atoms with Gasteiger partial charge < -0.3 is 9.32 Å². The summed E-state index contributed by atoms with van der Waals surface area (Å²) in [5.74, 6) is 1.67. The van der Waals surface area contributed by atoms with E-state index in [4.69, 9.17) is 16.6 Å². The second-order valence-electron chi connectivity index (χ2n) is 4.67. The van der Waals surface area contributed by atoms with Crippen LogP contribution in [0.4, 0.5) is 0 Å². The molecule has 0 aliphatic carbocycles. The molecule has 3 rings (SSSR count). The van der Waals surface area contributed by atoms with E-state index in [1.807, 2.05) is 36.4 Å². The van der Waals surface area contributed by atoms with Gasteiger partial charge in [-0.1, -0.05) is 40.3 Å². The molecule has 2 nitrogen and oxygen atoms in total. The van der Waals surface area contributed by atoms with Gasteiger partial charge >= 0.3 is 0 Å². The van der Waals surface area contributed by atoms with Crippen LogP contribution >= 0.6 is 28.1 Å². The zero-order valence-electron chi connectivity index (χ0n) is 10.4. The number of halogens is 1. The Bertz CT molecular complexity index is 584. The Balaban J connectivity index is 1.82. The van der Waals surface area contributed by atoms with Crippen LogP contribution in [0.25, 0.3) is 11.3 Å². The van der Waals surface area contributed by atoms with Crippen molar-refractivity contribution in [3.8, 4) is 11.3 Å². The maximum atomic E-state index is 5.89. The van der Waals surface area contributed by atoms with Gasteiger partial charge in [-0.2, -0.15) is 0 Å². The van der Waals surface area contributed by atoms with Gasteiger partial charge in [-0.25, -0.2) is 0 Å². The molecule has 19 heavy (non-hydrogen) atoms. The van der Waals surface area contributed by atoms with Gasteiger partial charge in [0.05, 0.1) is 0 Å². The highest BCUT2D eigenvalue weighted by atomic mass is 79.9. The molecule has 98 valence electrons. The highest BCUT2D eigenvalue weighted by Crippen LogP contribution is 2.25. The summed E-state index contributed by atoms with van der Waals surface area (Å²) in [5.41, 5.74) is 1.07. The SMILES string of the molecule is S=C(c1ccc(-c2ccc(Br)cc2)o1)N1CCCC1. The van der Waals surface area contributed by atoms with E-state index in [2.05, 4.69) is 20.8 Å². The van der Waals surface area contributed by atoms with Crippen LogP contribution in [0.5, 0.6) is 0 Å². The molecule has 1 aromatic heterocycles. The van der Waals surface area contributed by atoms with Crippen molar-refractivity contribution in [3.63, 3.8) is 0 Å². The Morgan fingerprint density at radius 1 is 1.05 bits per heavy atom. The summed E-state index contributed by atoms with van der Waals surface area (Å²) in [7, 11) is 0. The zero-order valence-corrected chi connectivity index (χ0v) is 12.8. The quantitative estimate of drug-likeness (QED) is 0.753. The van der Waals surface area contributed by atoms with Crippen molar-refractivity contribution < 1.29 is 4.42 Å². The molecule has 4 heteroatoms. The van der Waals surface area contributed by atoms with Crippen LogP contribution in [0.15, 0.2) is 45.3 Å². The van der Waals surface area contributed by atoms with Crippen LogP contribution in [0.2, 0.25) is 0 Å². The summed E-state index contributed by atoms with van der Waals surface area (Å²) < 4.78 is 6.95. The number of furan rings is 1. The van der Waals surface area contributed by atoms with E-state index in [1.54, 1.807) is 0 Å². The molecule has 1 aromatic carbocycles. The van der Waals surface area contributed by atoms with Crippen molar-refractivity contribution in [2.45, 2.75) is 12.8 Å². The van der Waals surface area contributed by atoms with E-state index < -0.39 is 0 Å². The first-order chi connectivity index (χ1) is 9.24. The summed E-state index contributed by atoms with van der Waals surface area (Å²) in [6.45, 7) is 2.10. The van der Waals surface area contributed by atoms with Gasteiger partial charge in [0, 0.05) is 23.1 Å². The molecule has 1 aliphatic heterocycles. The molecule has 0 spiro atoms. The van der Waals surface area contributed by atoms with Gasteiger partial charge in [-0.15, -0.1) is 0 Å². The van der Waals surface area contributed by atoms with Crippen molar-refractivity contribution in [1.82, 2.24) is 4.90 Å². The third-order valence-corrected chi connectivity index (χ3v) is 4.33. The minimum atomic E-state index is 0.801. The normalized spacial score (nSPS) is 14.9. The Hall–Kier alpha value is -1.13. The molecule has 0 bridgehead atoms. The highest BCUT2D eigenvalue weighted by molar-refractivity contribution is 9.10. The summed E-state index contributed by atoms with van der Waals surface area (Å²) in [6, 6.07) is 12.0. The van der Waals surface area contributed by atoms with Crippen LogP contribution in [0.1, 0.15) is 18.6 Å². The van der Waals surface area contributed by atoms with Crippen molar-refractivity contribution in [2.75, 3.05) is 13.1 Å². The molecule has 0 radical (unpaired) electrons. The fourth-order valence-corrected chi connectivity index (χ4v) is 2.85. The largest absolute Gasteiger partial charge is 0.454 e. The lowest BCUT2D eigenvalue weighted by Gasteiger charge is -2.16. The van der Waals surface area contributed by atoms with Crippen LogP contribution in [-0.2, 0) is 0 Å². The smallest absolute Gasteiger partial charge is 0.162 e. The molecular weight excluding hydrogens is 322 g/mol. The van der Waals surface area contributed by atoms with Gasteiger partial charge in [0.25, 0.3) is 0 Å². The molecule has 1 saturated heterocycles. The number of nitrogens with zero attached hydrogens (tertiary/aromatic N) is 1. The second kappa shape index (κ2) is 5.47. The van der Waals surface area contributed by atoms with Crippen LogP contribution in [0, 0.1) is 0 Å². The lowest BCUT2D eigenvalue weighted by molar-refractivity contribution is 0.500. The van der Waals surface area contributed by atoms with E-state index in [9.17, 15) is 0 Å². The molecular formula is C15H14BrNOS. The molecule has 0 N–H and O–H groups in total. The van der Waals surface area contributed by atoms with Crippen molar-refractivity contribution in [2.24, 2.45) is 0 Å². The maximum absolute atomic E-state index is 5.89. The number of rotatable bonds is 2. The lowest BCUT2D eigenvalue weighted by atomic mass is 10.2. The Morgan fingerprint density at radius 2 is 1.74 bits per heavy atom. The predicted molar refractivity (Wildman–Crippen MR) is 84.4 cm³/mol. The van der Waals surface area contributed by atoms with Crippen LogP contribution in [-0.4, -0.2) is 23.0 Å².